The zero-order valence-electron chi connectivity index (χ0n) is 23.3. The summed E-state index contributed by atoms with van der Waals surface area (Å²) in [6.45, 7) is 3.19. The lowest BCUT2D eigenvalue weighted by Gasteiger charge is -2.43. The van der Waals surface area contributed by atoms with Gasteiger partial charge >= 0.3 is 0 Å². The van der Waals surface area contributed by atoms with Crippen molar-refractivity contribution >= 4 is 17.7 Å². The summed E-state index contributed by atoms with van der Waals surface area (Å²) < 4.78 is 54.2. The number of oxime groups is 1. The van der Waals surface area contributed by atoms with Gasteiger partial charge in [-0.05, 0) is 31.3 Å². The average molecular weight is 593 g/mol. The summed E-state index contributed by atoms with van der Waals surface area (Å²) in [6.07, 6.45) is 1.79. The molecule has 0 aliphatic carbocycles. The van der Waals surface area contributed by atoms with Crippen LogP contribution in [0.1, 0.15) is 72.0 Å². The lowest BCUT2D eigenvalue weighted by Crippen LogP contribution is -2.56. The molecule has 4 atom stereocenters. The highest BCUT2D eigenvalue weighted by Crippen LogP contribution is 2.46. The molecule has 0 saturated carbocycles. The number of pyridine rings is 1. The molecular weight excluding hydrogens is 561 g/mol. The van der Waals surface area contributed by atoms with Crippen LogP contribution in [0.25, 0.3) is 0 Å². The van der Waals surface area contributed by atoms with E-state index in [2.05, 4.69) is 10.5 Å². The highest BCUT2D eigenvalue weighted by atomic mass is 19.1. The van der Waals surface area contributed by atoms with Gasteiger partial charge in [0.05, 0.1) is 19.8 Å². The standard InChI is InChI=1S/C28H31F3N4O7/c1-4-5-8-41-23-21-27(39)34-13-20(28(7-6-14(34)2)24(37)26(40-3)33-42-28)35(21)12-17(22(23)36)25(38)32-11-16-18(30)9-15(29)10-19(16)31/h9-10,12,14,20,24,37H,4-8,11,13H2,1-3H3,(H,32,38)/t14-,20+,24-,28+/m0/s1. The van der Waals surface area contributed by atoms with Crippen LogP contribution < -0.4 is 15.5 Å². The van der Waals surface area contributed by atoms with Gasteiger partial charge in [-0.15, -0.1) is 0 Å². The van der Waals surface area contributed by atoms with E-state index in [1.54, 1.807) is 4.90 Å². The molecule has 1 aromatic carbocycles. The molecule has 11 nitrogen and oxygen atoms in total. The van der Waals surface area contributed by atoms with Gasteiger partial charge in [-0.2, -0.15) is 0 Å². The largest absolute Gasteiger partial charge is 0.487 e. The number of nitrogens with zero attached hydrogens (tertiary/aromatic N) is 3. The molecule has 2 bridgehead atoms. The normalized spacial score (nSPS) is 24.5. The number of benzene rings is 1. The number of carbonyl (C=O) groups excluding carboxylic acids is 2. The first kappa shape index (κ1) is 29.4. The molecule has 4 heterocycles. The summed E-state index contributed by atoms with van der Waals surface area (Å²) in [5.74, 6) is -5.46. The minimum absolute atomic E-state index is 0.0565. The molecule has 226 valence electrons. The Morgan fingerprint density at radius 3 is 2.62 bits per heavy atom. The van der Waals surface area contributed by atoms with E-state index < -0.39 is 70.1 Å². The van der Waals surface area contributed by atoms with E-state index in [0.29, 0.717) is 25.0 Å². The molecule has 2 N–H and O–H groups in total. The number of aromatic nitrogens is 1. The first-order valence-electron chi connectivity index (χ1n) is 13.7. The number of hydrogen-bond donors (Lipinski definition) is 2. The number of amides is 2. The summed E-state index contributed by atoms with van der Waals surface area (Å²) in [5.41, 5.74) is -3.49. The van der Waals surface area contributed by atoms with E-state index in [1.165, 1.54) is 11.7 Å². The molecule has 2 aromatic rings. The lowest BCUT2D eigenvalue weighted by molar-refractivity contribution is -0.115. The Balaban J connectivity index is 1.62. The summed E-state index contributed by atoms with van der Waals surface area (Å²) >= 11 is 0. The number of fused-ring (bicyclic) bond motifs is 5. The first-order valence-corrected chi connectivity index (χ1v) is 13.7. The Bertz CT molecular complexity index is 1490. The van der Waals surface area contributed by atoms with Crippen LogP contribution in [0, 0.1) is 17.5 Å². The van der Waals surface area contributed by atoms with Crippen LogP contribution in [-0.2, 0) is 16.1 Å². The van der Waals surface area contributed by atoms with Crippen LogP contribution in [0.4, 0.5) is 13.2 Å². The minimum atomic E-state index is -1.41. The van der Waals surface area contributed by atoms with E-state index in [1.807, 2.05) is 13.8 Å². The fraction of sp³-hybridized carbons (Fsp3) is 0.500. The van der Waals surface area contributed by atoms with Gasteiger partial charge in [0.25, 0.3) is 17.7 Å². The third-order valence-corrected chi connectivity index (χ3v) is 8.14. The van der Waals surface area contributed by atoms with Crippen LogP contribution in [0.2, 0.25) is 0 Å². The fourth-order valence-corrected chi connectivity index (χ4v) is 5.72. The highest BCUT2D eigenvalue weighted by molar-refractivity contribution is 5.99. The predicted octanol–water partition coefficient (Wildman–Crippen LogP) is 2.64. The van der Waals surface area contributed by atoms with Crippen molar-refractivity contribution in [3.8, 4) is 5.75 Å². The molecule has 42 heavy (non-hydrogen) atoms. The topological polar surface area (TPSA) is 132 Å². The zero-order valence-corrected chi connectivity index (χ0v) is 23.3. The molecule has 1 saturated heterocycles. The third-order valence-electron chi connectivity index (χ3n) is 8.14. The lowest BCUT2D eigenvalue weighted by atomic mass is 9.83. The number of hydrogen-bond acceptors (Lipinski definition) is 8. The summed E-state index contributed by atoms with van der Waals surface area (Å²) in [7, 11) is 1.33. The van der Waals surface area contributed by atoms with Gasteiger partial charge < -0.3 is 34.2 Å². The van der Waals surface area contributed by atoms with Crippen molar-refractivity contribution in [2.45, 2.75) is 69.9 Å². The Morgan fingerprint density at radius 1 is 1.26 bits per heavy atom. The van der Waals surface area contributed by atoms with E-state index in [4.69, 9.17) is 14.3 Å². The van der Waals surface area contributed by atoms with Crippen LogP contribution in [0.5, 0.6) is 5.75 Å². The van der Waals surface area contributed by atoms with Crippen molar-refractivity contribution in [2.75, 3.05) is 20.3 Å². The van der Waals surface area contributed by atoms with Gasteiger partial charge in [0.1, 0.15) is 23.0 Å². The molecule has 0 unspecified atom stereocenters. The summed E-state index contributed by atoms with van der Waals surface area (Å²) in [6, 6.07) is -0.178. The average Bonchev–Trinajstić information content (AvgIpc) is 3.20. The molecule has 2 amide bonds. The van der Waals surface area contributed by atoms with Gasteiger partial charge in [0, 0.05) is 43.0 Å². The van der Waals surface area contributed by atoms with Gasteiger partial charge in [-0.25, -0.2) is 13.2 Å². The van der Waals surface area contributed by atoms with Gasteiger partial charge in [0.2, 0.25) is 5.43 Å². The number of halogens is 3. The maximum Gasteiger partial charge on any atom is 0.274 e. The summed E-state index contributed by atoms with van der Waals surface area (Å²) in [4.78, 5) is 48.2. The van der Waals surface area contributed by atoms with Crippen LogP contribution >= 0.6 is 0 Å². The highest BCUT2D eigenvalue weighted by Gasteiger charge is 2.60. The van der Waals surface area contributed by atoms with Crippen molar-refractivity contribution in [2.24, 2.45) is 5.16 Å². The Kier molecular flexibility index (Phi) is 7.92. The smallest absolute Gasteiger partial charge is 0.274 e. The van der Waals surface area contributed by atoms with E-state index >= 15 is 0 Å². The number of unbranched alkanes of at least 4 members (excludes halogenated alkanes) is 1. The molecule has 1 fully saturated rings. The molecule has 1 spiro atoms. The SMILES string of the molecule is CCCCOc1c2n(cc(C(=O)NCc3c(F)cc(F)cc3F)c1=O)[C@@H]1CN(C2=O)[C@@H](C)CC[C@@]12ON=C(OC)[C@@H]2O. The molecule has 5 rings (SSSR count). The number of aliphatic hydroxyl groups excluding tert-OH is 1. The Labute approximate surface area is 238 Å². The monoisotopic (exact) mass is 592 g/mol. The van der Waals surface area contributed by atoms with Crippen LogP contribution in [0.3, 0.4) is 0 Å². The van der Waals surface area contributed by atoms with Gasteiger partial charge in [-0.1, -0.05) is 13.3 Å². The van der Waals surface area contributed by atoms with Crippen molar-refractivity contribution in [3.63, 3.8) is 0 Å². The minimum Gasteiger partial charge on any atom is -0.487 e. The number of carbonyl (C=O) groups is 2. The molecule has 3 aliphatic rings. The fourth-order valence-electron chi connectivity index (χ4n) is 5.72. The Morgan fingerprint density at radius 2 is 1.98 bits per heavy atom. The number of methoxy groups -OCH3 is 1. The molecule has 1 aromatic heterocycles. The maximum absolute atomic E-state index is 14.2. The van der Waals surface area contributed by atoms with E-state index in [0.717, 1.165) is 12.6 Å². The van der Waals surface area contributed by atoms with Crippen LogP contribution in [-0.4, -0.2) is 70.3 Å². The van der Waals surface area contributed by atoms with Crippen molar-refractivity contribution in [1.29, 1.82) is 0 Å². The maximum atomic E-state index is 14.2. The first-order chi connectivity index (χ1) is 20.0. The number of ether oxygens (including phenoxy) is 2. The van der Waals surface area contributed by atoms with Crippen molar-refractivity contribution in [1.82, 2.24) is 14.8 Å². The summed E-state index contributed by atoms with van der Waals surface area (Å²) in [5, 5.41) is 17.5. The van der Waals surface area contributed by atoms with Crippen molar-refractivity contribution < 1.29 is 42.2 Å². The number of nitrogens with one attached hydrogen (secondary N) is 1. The zero-order chi connectivity index (χ0) is 30.3. The molecule has 3 aliphatic heterocycles. The number of rotatable bonds is 7. The second-order valence-corrected chi connectivity index (χ2v) is 10.6. The van der Waals surface area contributed by atoms with Crippen LogP contribution in [0.15, 0.2) is 28.3 Å². The van der Waals surface area contributed by atoms with Gasteiger partial charge in [-0.3, -0.25) is 14.4 Å². The molecular formula is C28H31F3N4O7. The van der Waals surface area contributed by atoms with E-state index in [9.17, 15) is 32.7 Å². The quantitative estimate of drug-likeness (QED) is 0.473. The second-order valence-electron chi connectivity index (χ2n) is 10.6. The molecule has 0 radical (unpaired) electrons. The third kappa shape index (κ3) is 4.76. The van der Waals surface area contributed by atoms with Crippen molar-refractivity contribution in [3.05, 3.63) is 62.8 Å². The number of aliphatic hydroxyl groups is 1. The second kappa shape index (κ2) is 11.3. The Hall–Kier alpha value is -4.07. The predicted molar refractivity (Wildman–Crippen MR) is 142 cm³/mol. The molecule has 14 heteroatoms. The van der Waals surface area contributed by atoms with Gasteiger partial charge in [0.15, 0.2) is 23.1 Å². The van der Waals surface area contributed by atoms with E-state index in [-0.39, 0.29) is 43.0 Å².